The molecule has 452 valence electrons. The fraction of sp³-hybridized carbons (Fsp3) is 0.500. The zero-order valence-corrected chi connectivity index (χ0v) is 46.1. The van der Waals surface area contributed by atoms with Gasteiger partial charge in [0.2, 0.25) is 5.95 Å². The summed E-state index contributed by atoms with van der Waals surface area (Å²) in [6.07, 6.45) is 16.6. The summed E-state index contributed by atoms with van der Waals surface area (Å²) in [6.45, 7) is 12.6. The molecule has 12 rings (SSSR count). The van der Waals surface area contributed by atoms with E-state index in [0.29, 0.717) is 17.1 Å². The zero-order chi connectivity index (χ0) is 61.7. The number of aromatic amines is 3. The average molecular weight is 1180 g/mol. The largest absolute Gasteiger partial charge is 0.393 e. The van der Waals surface area contributed by atoms with Gasteiger partial charge in [-0.2, -0.15) is 4.98 Å². The molecular weight excluding hydrogens is 1120 g/mol. The SMILES string of the molecule is C#C[C@]1(CO)O[C@@H](N2C=NC3C(N)=NC=NC32)[C@@H](C)[C@@H]1O.C#C[C@]1(CO)O[C@@H](n2cnc3c(=O)[nH]cnc32)[C@@H](C)[C@@H]1O.C=C[C@]1(CO)O[C@@H](n2cnc3c(=O)[nH]c(N)nc32)[C@@H](C)[C@@H]1O.C=C[C@]1(CO)O[C@@H](n2cnc3c(=O)[nH]cnc32)[C@@H](C)[C@@H]1O. The first-order chi connectivity index (χ1) is 40.5. The number of imidazole rings is 3. The molecule has 4 saturated heterocycles. The maximum atomic E-state index is 11.8. The summed E-state index contributed by atoms with van der Waals surface area (Å²) in [6, 6.07) is -0.363. The molecule has 0 saturated carbocycles. The molecule has 18 atom stereocenters. The number of H-pyrrole nitrogens is 3. The number of nitrogen functional groups attached to an aromatic ring is 1. The lowest BCUT2D eigenvalue weighted by molar-refractivity contribution is -0.104. The molecule has 6 aliphatic heterocycles. The van der Waals surface area contributed by atoms with Crippen LogP contribution in [0.4, 0.5) is 5.95 Å². The van der Waals surface area contributed by atoms with E-state index in [-0.39, 0.29) is 75.8 Å². The van der Waals surface area contributed by atoms with E-state index < -0.39 is 103 Å². The second kappa shape index (κ2) is 23.6. The molecule has 15 N–H and O–H groups in total. The Morgan fingerprint density at radius 3 is 1.46 bits per heavy atom. The van der Waals surface area contributed by atoms with Crippen LogP contribution in [0.25, 0.3) is 33.5 Å². The number of aliphatic hydroxyl groups excluding tert-OH is 8. The minimum atomic E-state index is -1.47. The van der Waals surface area contributed by atoms with Crippen molar-refractivity contribution in [2.75, 3.05) is 32.2 Å². The topological polar surface area (TPSA) is 482 Å². The van der Waals surface area contributed by atoms with Crippen molar-refractivity contribution in [2.24, 2.45) is 44.4 Å². The number of anilines is 1. The Bertz CT molecular complexity index is 3840. The number of aliphatic imine (C=N–C) groups is 3. The highest BCUT2D eigenvalue weighted by molar-refractivity contribution is 5.96. The molecule has 6 aromatic heterocycles. The van der Waals surface area contributed by atoms with Crippen molar-refractivity contribution in [3.8, 4) is 24.7 Å². The number of ether oxygens (including phenoxy) is 4. The molecular formula is C52H64N18O15. The number of aromatic nitrogens is 12. The van der Waals surface area contributed by atoms with Crippen molar-refractivity contribution in [2.45, 2.75) is 112 Å². The second-order valence-electron chi connectivity index (χ2n) is 21.0. The molecule has 33 heteroatoms. The van der Waals surface area contributed by atoms with Crippen LogP contribution in [0, 0.1) is 48.4 Å². The molecule has 12 heterocycles. The molecule has 0 amide bonds. The highest BCUT2D eigenvalue weighted by Gasteiger charge is 2.57. The summed E-state index contributed by atoms with van der Waals surface area (Å²) in [5.74, 6) is 3.56. The molecule has 0 bridgehead atoms. The lowest BCUT2D eigenvalue weighted by Crippen LogP contribution is -2.49. The first kappa shape index (κ1) is 61.1. The van der Waals surface area contributed by atoms with Crippen LogP contribution in [-0.4, -0.2) is 215 Å². The maximum Gasteiger partial charge on any atom is 0.280 e. The molecule has 0 radical (unpaired) electrons. The molecule has 6 aliphatic rings. The monoisotopic (exact) mass is 1180 g/mol. The fourth-order valence-electron chi connectivity index (χ4n) is 11.1. The van der Waals surface area contributed by atoms with E-state index in [9.17, 15) is 55.2 Å². The average Bonchev–Trinajstić information content (AvgIpc) is 3.70. The van der Waals surface area contributed by atoms with Gasteiger partial charge in [-0.15, -0.1) is 26.0 Å². The van der Waals surface area contributed by atoms with Crippen molar-refractivity contribution in [3.63, 3.8) is 0 Å². The van der Waals surface area contributed by atoms with E-state index in [4.69, 9.17) is 43.3 Å². The van der Waals surface area contributed by atoms with Gasteiger partial charge >= 0.3 is 0 Å². The Hall–Kier alpha value is -8.42. The van der Waals surface area contributed by atoms with E-state index in [0.717, 1.165) is 0 Å². The summed E-state index contributed by atoms with van der Waals surface area (Å²) < 4.78 is 27.8. The van der Waals surface area contributed by atoms with Crippen molar-refractivity contribution >= 4 is 58.0 Å². The molecule has 0 aromatic carbocycles. The molecule has 2 unspecified atom stereocenters. The number of rotatable bonds is 10. The summed E-state index contributed by atoms with van der Waals surface area (Å²) in [4.78, 5) is 80.9. The summed E-state index contributed by atoms with van der Waals surface area (Å²) in [5.41, 5.74) is 6.26. The predicted molar refractivity (Wildman–Crippen MR) is 300 cm³/mol. The third-order valence-electron chi connectivity index (χ3n) is 16.2. The van der Waals surface area contributed by atoms with Gasteiger partial charge in [-0.25, -0.2) is 34.9 Å². The van der Waals surface area contributed by atoms with Crippen LogP contribution in [0.1, 0.15) is 46.4 Å². The van der Waals surface area contributed by atoms with Crippen LogP contribution < -0.4 is 28.1 Å². The van der Waals surface area contributed by atoms with Crippen LogP contribution in [-0.2, 0) is 18.9 Å². The predicted octanol–water partition coefficient (Wildman–Crippen LogP) is -4.14. The molecule has 6 aromatic rings. The quantitative estimate of drug-likeness (QED) is 0.0457. The van der Waals surface area contributed by atoms with Crippen LogP contribution >= 0.6 is 0 Å². The highest BCUT2D eigenvalue weighted by atomic mass is 16.6. The number of nitrogens with one attached hydrogen (secondary N) is 3. The van der Waals surface area contributed by atoms with Crippen LogP contribution in [0.15, 0.2) is 86.3 Å². The Morgan fingerprint density at radius 2 is 1.04 bits per heavy atom. The van der Waals surface area contributed by atoms with Crippen molar-refractivity contribution in [1.29, 1.82) is 0 Å². The Balaban J connectivity index is 0.000000136. The number of hydrogen-bond donors (Lipinski definition) is 13. The molecule has 85 heavy (non-hydrogen) atoms. The van der Waals surface area contributed by atoms with Crippen molar-refractivity contribution < 1.29 is 59.8 Å². The zero-order valence-electron chi connectivity index (χ0n) is 46.1. The number of nitrogens with two attached hydrogens (primary N) is 2. The van der Waals surface area contributed by atoms with E-state index in [1.54, 1.807) is 43.5 Å². The Morgan fingerprint density at radius 1 is 0.612 bits per heavy atom. The Labute approximate surface area is 480 Å². The number of terminal acetylenes is 2. The summed E-state index contributed by atoms with van der Waals surface area (Å²) >= 11 is 0. The minimum Gasteiger partial charge on any atom is -0.393 e. The molecule has 4 fully saturated rings. The molecule has 33 nitrogen and oxygen atoms in total. The van der Waals surface area contributed by atoms with E-state index in [2.05, 4.69) is 84.8 Å². The lowest BCUT2D eigenvalue weighted by Gasteiger charge is -2.32. The van der Waals surface area contributed by atoms with Gasteiger partial charge in [-0.3, -0.25) is 38.1 Å². The van der Waals surface area contributed by atoms with Gasteiger partial charge in [0.15, 0.2) is 50.9 Å². The van der Waals surface area contributed by atoms with Crippen LogP contribution in [0.5, 0.6) is 0 Å². The third-order valence-corrected chi connectivity index (χ3v) is 16.2. The van der Waals surface area contributed by atoms with Crippen LogP contribution in [0.3, 0.4) is 0 Å². The smallest absolute Gasteiger partial charge is 0.280 e. The van der Waals surface area contributed by atoms with Gasteiger partial charge < -0.3 is 86.1 Å². The first-order valence-corrected chi connectivity index (χ1v) is 26.3. The maximum absolute atomic E-state index is 11.8. The number of fused-ring (bicyclic) bond motifs is 4. The Kier molecular flexibility index (Phi) is 16.9. The number of hydrogen-bond acceptors (Lipinski definition) is 27. The fourth-order valence-corrected chi connectivity index (χ4v) is 11.1. The van der Waals surface area contributed by atoms with E-state index in [1.807, 2.05) is 0 Å². The number of amidine groups is 1. The van der Waals surface area contributed by atoms with Crippen molar-refractivity contribution in [3.05, 3.63) is 88.0 Å². The van der Waals surface area contributed by atoms with Gasteiger partial charge in [0.05, 0.1) is 76.6 Å². The normalized spacial score (nSPS) is 35.3. The first-order valence-electron chi connectivity index (χ1n) is 26.3. The third kappa shape index (κ3) is 10.1. The van der Waals surface area contributed by atoms with Gasteiger partial charge in [-0.05, 0) is 0 Å². The van der Waals surface area contributed by atoms with Crippen LogP contribution in [0.2, 0.25) is 0 Å². The van der Waals surface area contributed by atoms with Gasteiger partial charge in [0, 0.05) is 23.7 Å². The summed E-state index contributed by atoms with van der Waals surface area (Å²) in [7, 11) is 0. The van der Waals surface area contributed by atoms with Gasteiger partial charge in [0.1, 0.15) is 66.5 Å². The minimum absolute atomic E-state index is 0.0393. The number of aliphatic hydroxyl groups is 8. The van der Waals surface area contributed by atoms with E-state index in [1.165, 1.54) is 59.3 Å². The molecule has 0 spiro atoms. The van der Waals surface area contributed by atoms with Crippen molar-refractivity contribution in [1.82, 2.24) is 63.5 Å². The summed E-state index contributed by atoms with van der Waals surface area (Å²) in [5, 5.41) is 79.3. The van der Waals surface area contributed by atoms with Gasteiger partial charge in [0.25, 0.3) is 16.7 Å². The van der Waals surface area contributed by atoms with Gasteiger partial charge in [-0.1, -0.05) is 51.7 Å². The highest BCUT2D eigenvalue weighted by Crippen LogP contribution is 2.45. The van der Waals surface area contributed by atoms with E-state index >= 15 is 0 Å². The lowest BCUT2D eigenvalue weighted by atomic mass is 9.91. The number of nitrogens with zero attached hydrogens (tertiary/aromatic N) is 13. The standard InChI is InChI=1S/C13H17N5O4.C13H17N5O3.C13H16N4O4.C13H14N4O4/c1-3-13(4-19)8(20)6(2)11(22-13)18-5-15-7-9(18)16-12(14)17-10(7)21;1-3-13(4-19)9(20)7(2)12(21-13)18-6-17-8-10(14)15-5-16-11(8)18;2*1-3-13(4-18)9(19)7(2)12(21-13)17-6-16-8-10(17)14-5-15-11(8)20/h3,5-6,8,11,19-20H,1,4H2,2H3,(H3,14,16,17,21);1,5-9,11-12,19-20H,4H2,2H3,(H2,14,15,16);3,5-7,9,12,18-19H,1,4H2,2H3,(H,14,15,20);1,5-7,9,12,18-19H,4H2,2H3,(H,14,15,20)/t6-,8-,11+,13+;7-,8?,9-,11?,12+,13+;2*7-,9-,12+,13+/m0000/s1. The molecule has 0 aliphatic carbocycles. The second-order valence-corrected chi connectivity index (χ2v) is 21.0.